The highest BCUT2D eigenvalue weighted by Crippen LogP contribution is 2.11. The fraction of sp³-hybridized carbons (Fsp3) is 0.560. The molecule has 0 radical (unpaired) electrons. The number of carbonyl (C=O) groups excluding carboxylic acids is 5. The molecule has 38 heavy (non-hydrogen) atoms. The molecule has 0 bridgehead atoms. The summed E-state index contributed by atoms with van der Waals surface area (Å²) in [7, 11) is 0. The van der Waals surface area contributed by atoms with E-state index in [-0.39, 0.29) is 41.9 Å². The molecule has 0 saturated heterocycles. The molecule has 0 aliphatic carbocycles. The van der Waals surface area contributed by atoms with E-state index in [1.165, 1.54) is 0 Å². The number of nitrogens with one attached hydrogen (secondary N) is 5. The van der Waals surface area contributed by atoms with Gasteiger partial charge in [0.15, 0.2) is 0 Å². The molecule has 0 aliphatic heterocycles. The molecule has 0 fully saturated rings. The van der Waals surface area contributed by atoms with E-state index in [0.29, 0.717) is 17.9 Å². The van der Waals surface area contributed by atoms with Crippen LogP contribution in [0.25, 0.3) is 0 Å². The number of carbonyl (C=O) groups is 5. The Morgan fingerprint density at radius 3 is 1.92 bits per heavy atom. The van der Waals surface area contributed by atoms with Crippen molar-refractivity contribution in [2.45, 2.75) is 53.3 Å². The summed E-state index contributed by atoms with van der Waals surface area (Å²) in [6.45, 7) is 9.73. The van der Waals surface area contributed by atoms with Crippen molar-refractivity contribution in [3.8, 4) is 0 Å². The van der Waals surface area contributed by atoms with Crippen LogP contribution >= 0.6 is 22.6 Å². The summed E-state index contributed by atoms with van der Waals surface area (Å²) < 4.78 is 10.3. The average Bonchev–Trinajstić information content (AvgIpc) is 2.87. The lowest BCUT2D eigenvalue weighted by molar-refractivity contribution is -0.131. The summed E-state index contributed by atoms with van der Waals surface area (Å²) in [5.74, 6) is -1.03. The van der Waals surface area contributed by atoms with Crippen molar-refractivity contribution in [1.29, 1.82) is 0 Å². The van der Waals surface area contributed by atoms with Gasteiger partial charge in [-0.15, -0.1) is 0 Å². The van der Waals surface area contributed by atoms with Crippen molar-refractivity contribution in [1.82, 2.24) is 21.3 Å². The summed E-state index contributed by atoms with van der Waals surface area (Å²) in [6, 6.07) is 5.09. The molecule has 0 saturated carbocycles. The number of alkyl carbamates (subject to hydrolysis) is 2. The molecule has 5 amide bonds. The predicted octanol–water partition coefficient (Wildman–Crippen LogP) is 2.31. The van der Waals surface area contributed by atoms with E-state index in [0.717, 1.165) is 0 Å². The number of anilines is 1. The van der Waals surface area contributed by atoms with Crippen LogP contribution in [0, 0.1) is 11.8 Å². The predicted molar refractivity (Wildman–Crippen MR) is 151 cm³/mol. The molecular weight excluding hydrogens is 609 g/mol. The minimum atomic E-state index is -0.835. The SMILES string of the molecule is CC(C)COC(=O)NCCNC(=O)OCc1ccc(NC(=O)[C@H](C)NC(=O)[C@@H](NC(=O)CI)C(C)C)cc1. The van der Waals surface area contributed by atoms with Crippen LogP contribution in [0.1, 0.15) is 40.2 Å². The van der Waals surface area contributed by atoms with E-state index < -0.39 is 36.1 Å². The highest BCUT2D eigenvalue weighted by Gasteiger charge is 2.26. The molecule has 0 heterocycles. The highest BCUT2D eigenvalue weighted by atomic mass is 127. The Balaban J connectivity index is 2.41. The molecule has 12 nitrogen and oxygen atoms in total. The summed E-state index contributed by atoms with van der Waals surface area (Å²) >= 11 is 1.91. The van der Waals surface area contributed by atoms with Gasteiger partial charge >= 0.3 is 12.2 Å². The van der Waals surface area contributed by atoms with E-state index >= 15 is 0 Å². The highest BCUT2D eigenvalue weighted by molar-refractivity contribution is 14.1. The number of amides is 5. The number of halogens is 1. The number of ether oxygens (including phenoxy) is 2. The van der Waals surface area contributed by atoms with Crippen molar-refractivity contribution in [3.05, 3.63) is 29.8 Å². The van der Waals surface area contributed by atoms with Crippen LogP contribution < -0.4 is 26.6 Å². The van der Waals surface area contributed by atoms with E-state index in [9.17, 15) is 24.0 Å². The largest absolute Gasteiger partial charge is 0.449 e. The number of hydrogen-bond acceptors (Lipinski definition) is 7. The minimum Gasteiger partial charge on any atom is -0.449 e. The Morgan fingerprint density at radius 1 is 0.816 bits per heavy atom. The maximum Gasteiger partial charge on any atom is 0.407 e. The first-order valence-corrected chi connectivity index (χ1v) is 13.8. The molecule has 1 aromatic carbocycles. The monoisotopic (exact) mass is 647 g/mol. The topological polar surface area (TPSA) is 164 Å². The maximum atomic E-state index is 12.6. The number of benzene rings is 1. The van der Waals surface area contributed by atoms with Gasteiger partial charge in [-0.05, 0) is 36.5 Å². The van der Waals surface area contributed by atoms with Gasteiger partial charge in [-0.25, -0.2) is 9.59 Å². The summed E-state index contributed by atoms with van der Waals surface area (Å²) in [6.07, 6.45) is -1.18. The number of alkyl halides is 1. The Bertz CT molecular complexity index is 941. The van der Waals surface area contributed by atoms with Crippen LogP contribution in [0.4, 0.5) is 15.3 Å². The number of rotatable bonds is 14. The summed E-state index contributed by atoms with van der Waals surface area (Å²) in [4.78, 5) is 60.0. The first-order chi connectivity index (χ1) is 17.9. The van der Waals surface area contributed by atoms with E-state index in [4.69, 9.17) is 9.47 Å². The molecule has 1 aromatic rings. The van der Waals surface area contributed by atoms with Crippen LogP contribution in [0.2, 0.25) is 0 Å². The van der Waals surface area contributed by atoms with Gasteiger partial charge in [0.1, 0.15) is 18.7 Å². The molecule has 0 unspecified atom stereocenters. The minimum absolute atomic E-state index is 0.00983. The zero-order valence-electron chi connectivity index (χ0n) is 22.4. The van der Waals surface area contributed by atoms with Crippen LogP contribution in [-0.4, -0.2) is 66.1 Å². The zero-order chi connectivity index (χ0) is 28.7. The van der Waals surface area contributed by atoms with Gasteiger partial charge in [-0.3, -0.25) is 14.4 Å². The molecule has 5 N–H and O–H groups in total. The normalized spacial score (nSPS) is 12.2. The van der Waals surface area contributed by atoms with Gasteiger partial charge in [-0.2, -0.15) is 0 Å². The second kappa shape index (κ2) is 17.4. The van der Waals surface area contributed by atoms with Crippen molar-refractivity contribution in [2.75, 3.05) is 29.4 Å². The second-order valence-corrected chi connectivity index (χ2v) is 10.0. The molecular formula is C25H38IN5O7. The maximum absolute atomic E-state index is 12.6. The second-order valence-electron chi connectivity index (χ2n) is 9.26. The summed E-state index contributed by atoms with van der Waals surface area (Å²) in [5.41, 5.74) is 1.19. The smallest absolute Gasteiger partial charge is 0.407 e. The Hall–Kier alpha value is -3.10. The van der Waals surface area contributed by atoms with Gasteiger partial charge in [0.05, 0.1) is 11.0 Å². The molecule has 1 rings (SSSR count). The first-order valence-electron chi connectivity index (χ1n) is 12.3. The first kappa shape index (κ1) is 32.9. The van der Waals surface area contributed by atoms with Gasteiger partial charge in [0.2, 0.25) is 17.7 Å². The fourth-order valence-corrected chi connectivity index (χ4v) is 3.09. The van der Waals surface area contributed by atoms with Gasteiger partial charge in [0.25, 0.3) is 0 Å². The average molecular weight is 648 g/mol. The van der Waals surface area contributed by atoms with Crippen LogP contribution in [0.15, 0.2) is 24.3 Å². The Morgan fingerprint density at radius 2 is 1.39 bits per heavy atom. The van der Waals surface area contributed by atoms with E-state index in [1.807, 2.05) is 50.3 Å². The van der Waals surface area contributed by atoms with Crippen molar-refractivity contribution < 1.29 is 33.4 Å². The molecule has 2 atom stereocenters. The van der Waals surface area contributed by atoms with E-state index in [1.54, 1.807) is 31.2 Å². The fourth-order valence-electron chi connectivity index (χ4n) is 2.87. The van der Waals surface area contributed by atoms with Crippen molar-refractivity contribution >= 4 is 58.2 Å². The Kier molecular flexibility index (Phi) is 15.1. The third-order valence-corrected chi connectivity index (χ3v) is 5.63. The van der Waals surface area contributed by atoms with Gasteiger partial charge < -0.3 is 36.1 Å². The van der Waals surface area contributed by atoms with E-state index in [2.05, 4.69) is 26.6 Å². The number of hydrogen-bond donors (Lipinski definition) is 5. The van der Waals surface area contributed by atoms with Crippen LogP contribution in [-0.2, 0) is 30.5 Å². The quantitative estimate of drug-likeness (QED) is 0.118. The molecule has 212 valence electrons. The van der Waals surface area contributed by atoms with Crippen LogP contribution in [0.5, 0.6) is 0 Å². The van der Waals surface area contributed by atoms with Crippen molar-refractivity contribution in [2.24, 2.45) is 11.8 Å². The molecule has 0 spiro atoms. The van der Waals surface area contributed by atoms with Crippen molar-refractivity contribution in [3.63, 3.8) is 0 Å². The van der Waals surface area contributed by atoms with Gasteiger partial charge in [0, 0.05) is 18.8 Å². The summed E-state index contributed by atoms with van der Waals surface area (Å²) in [5, 5.41) is 13.0. The lowest BCUT2D eigenvalue weighted by atomic mass is 10.0. The molecule has 13 heteroatoms. The third-order valence-electron chi connectivity index (χ3n) is 4.94. The third kappa shape index (κ3) is 13.4. The zero-order valence-corrected chi connectivity index (χ0v) is 24.5. The molecule has 0 aliphatic rings. The Labute approximate surface area is 236 Å². The lowest BCUT2D eigenvalue weighted by Crippen LogP contribution is -2.53. The lowest BCUT2D eigenvalue weighted by Gasteiger charge is -2.23. The standard InChI is InChI=1S/C25H38IN5O7/c1-15(2)13-37-24(35)27-10-11-28-25(36)38-14-18-6-8-19(9-7-18)30-22(33)17(5)29-23(34)21(16(3)4)31-20(32)12-26/h6-9,15-17,21H,10-14H2,1-5H3,(H,27,35)(H,28,36)(H,29,34)(H,30,33)(H,31,32)/t17-,21-/m0/s1. The van der Waals surface area contributed by atoms with Crippen LogP contribution in [0.3, 0.4) is 0 Å². The molecule has 0 aromatic heterocycles. The van der Waals surface area contributed by atoms with Gasteiger partial charge in [-0.1, -0.05) is 62.4 Å².